The summed E-state index contributed by atoms with van der Waals surface area (Å²) in [5.74, 6) is 3.31. The van der Waals surface area contributed by atoms with Gasteiger partial charge in [0.25, 0.3) is 0 Å². The monoisotopic (exact) mass is 528 g/mol. The number of nitrogens with zero attached hydrogens (tertiary/aromatic N) is 6. The largest absolute Gasteiger partial charge is 0.490 e. The molecule has 37 heavy (non-hydrogen) atoms. The highest BCUT2D eigenvalue weighted by Crippen LogP contribution is 2.35. The molecule has 0 aromatic carbocycles. The minimum Gasteiger partial charge on any atom is -0.490 e. The molecule has 3 atom stereocenters. The standard InChI is InChI=1S/C26H37ClN8O2/c1-18(19-5-9-34(10-6-19)25-32-12-20(27)13-33-25)7-11-37-21-14-30-24(31-15-21)26(17-29-16-22(26)28)35-8-3-2-4-23(35)36/h12-15,18-19,22,29H,2-11,16-17,28H2,1H3/t18?,22-,26-/m0/s1. The Balaban J connectivity index is 1.13. The second-order valence-corrected chi connectivity index (χ2v) is 11.0. The first-order valence-corrected chi connectivity index (χ1v) is 13.8. The SMILES string of the molecule is CC(CCOc1cnc([C@]2(N3CCCCC3=O)CNC[C@@H]2N)nc1)C1CCN(c2ncc(Cl)cn2)CC1. The van der Waals surface area contributed by atoms with Crippen LogP contribution in [0, 0.1) is 11.8 Å². The Kier molecular flexibility index (Phi) is 8.07. The number of nitrogens with one attached hydrogen (secondary N) is 1. The number of hydrogen-bond acceptors (Lipinski definition) is 9. The van der Waals surface area contributed by atoms with E-state index in [1.807, 2.05) is 4.90 Å². The summed E-state index contributed by atoms with van der Waals surface area (Å²) < 4.78 is 6.02. The lowest BCUT2D eigenvalue weighted by Crippen LogP contribution is -2.61. The normalized spacial score (nSPS) is 25.9. The van der Waals surface area contributed by atoms with Crippen LogP contribution >= 0.6 is 11.6 Å². The predicted octanol–water partition coefficient (Wildman–Crippen LogP) is 2.38. The number of rotatable bonds is 8. The van der Waals surface area contributed by atoms with E-state index >= 15 is 0 Å². The molecule has 0 saturated carbocycles. The lowest BCUT2D eigenvalue weighted by molar-refractivity contribution is -0.141. The molecule has 1 amide bonds. The van der Waals surface area contributed by atoms with Gasteiger partial charge in [0, 0.05) is 45.2 Å². The molecule has 10 nitrogen and oxygen atoms in total. The summed E-state index contributed by atoms with van der Waals surface area (Å²) in [5.41, 5.74) is 5.83. The number of nitrogens with two attached hydrogens (primary N) is 1. The Bertz CT molecular complexity index is 1050. The van der Waals surface area contributed by atoms with Crippen LogP contribution in [0.3, 0.4) is 0 Å². The van der Waals surface area contributed by atoms with Crippen LogP contribution in [0.1, 0.15) is 51.3 Å². The van der Waals surface area contributed by atoms with E-state index in [1.165, 1.54) is 0 Å². The fraction of sp³-hybridized carbons (Fsp3) is 0.654. The van der Waals surface area contributed by atoms with Crippen molar-refractivity contribution in [1.82, 2.24) is 30.2 Å². The molecule has 2 aromatic heterocycles. The van der Waals surface area contributed by atoms with E-state index in [9.17, 15) is 4.79 Å². The van der Waals surface area contributed by atoms with Gasteiger partial charge in [-0.2, -0.15) is 0 Å². The summed E-state index contributed by atoms with van der Waals surface area (Å²) >= 11 is 5.91. The summed E-state index contributed by atoms with van der Waals surface area (Å²) in [6.07, 6.45) is 12.4. The molecule has 1 unspecified atom stereocenters. The number of carbonyl (C=O) groups is 1. The molecule has 3 saturated heterocycles. The average Bonchev–Trinajstić information content (AvgIpc) is 3.31. The van der Waals surface area contributed by atoms with Crippen molar-refractivity contribution in [2.24, 2.45) is 17.6 Å². The molecule has 5 heterocycles. The van der Waals surface area contributed by atoms with Gasteiger partial charge in [-0.1, -0.05) is 18.5 Å². The van der Waals surface area contributed by atoms with Crippen molar-refractivity contribution in [1.29, 1.82) is 0 Å². The lowest BCUT2D eigenvalue weighted by Gasteiger charge is -2.44. The zero-order valence-electron chi connectivity index (χ0n) is 21.5. The van der Waals surface area contributed by atoms with Crippen molar-refractivity contribution in [3.8, 4) is 5.75 Å². The van der Waals surface area contributed by atoms with Crippen LogP contribution in [0.25, 0.3) is 0 Å². The quantitative estimate of drug-likeness (QED) is 0.531. The van der Waals surface area contributed by atoms with Gasteiger partial charge < -0.3 is 25.6 Å². The Hall–Kier alpha value is -2.56. The smallest absolute Gasteiger partial charge is 0.225 e. The molecular formula is C26H37ClN8O2. The third kappa shape index (κ3) is 5.51. The van der Waals surface area contributed by atoms with Gasteiger partial charge >= 0.3 is 0 Å². The first-order chi connectivity index (χ1) is 18.0. The molecule has 0 spiro atoms. The van der Waals surface area contributed by atoms with Crippen molar-refractivity contribution in [2.45, 2.75) is 57.0 Å². The van der Waals surface area contributed by atoms with Crippen molar-refractivity contribution in [2.75, 3.05) is 44.2 Å². The van der Waals surface area contributed by atoms with E-state index in [-0.39, 0.29) is 11.9 Å². The summed E-state index contributed by atoms with van der Waals surface area (Å²) in [6.45, 7) is 6.71. The number of likely N-dealkylation sites (tertiary alicyclic amines) is 1. The van der Waals surface area contributed by atoms with E-state index in [0.29, 0.717) is 61.1 Å². The molecule has 3 aliphatic heterocycles. The first-order valence-electron chi connectivity index (χ1n) is 13.4. The number of anilines is 1. The minimum absolute atomic E-state index is 0.134. The van der Waals surface area contributed by atoms with Crippen molar-refractivity contribution in [3.05, 3.63) is 35.6 Å². The Morgan fingerprint density at radius 3 is 2.51 bits per heavy atom. The molecule has 3 N–H and O–H groups in total. The van der Waals surface area contributed by atoms with Crippen LogP contribution in [0.15, 0.2) is 24.8 Å². The van der Waals surface area contributed by atoms with Crippen LogP contribution < -0.4 is 20.7 Å². The van der Waals surface area contributed by atoms with E-state index in [4.69, 9.17) is 22.1 Å². The van der Waals surface area contributed by atoms with Crippen LogP contribution in [0.5, 0.6) is 5.75 Å². The maximum absolute atomic E-state index is 12.8. The van der Waals surface area contributed by atoms with Crippen LogP contribution in [0.4, 0.5) is 5.95 Å². The average molecular weight is 529 g/mol. The molecule has 0 bridgehead atoms. The molecule has 0 radical (unpaired) electrons. The highest BCUT2D eigenvalue weighted by atomic mass is 35.5. The summed E-state index contributed by atoms with van der Waals surface area (Å²) in [7, 11) is 0. The molecule has 3 fully saturated rings. The lowest BCUT2D eigenvalue weighted by atomic mass is 9.84. The van der Waals surface area contributed by atoms with Crippen molar-refractivity contribution in [3.63, 3.8) is 0 Å². The fourth-order valence-electron chi connectivity index (χ4n) is 5.96. The van der Waals surface area contributed by atoms with Gasteiger partial charge in [-0.05, 0) is 43.9 Å². The fourth-order valence-corrected chi connectivity index (χ4v) is 6.05. The number of aromatic nitrogens is 4. The van der Waals surface area contributed by atoms with Gasteiger partial charge in [0.1, 0.15) is 5.54 Å². The van der Waals surface area contributed by atoms with Crippen LogP contribution in [0.2, 0.25) is 5.02 Å². The van der Waals surface area contributed by atoms with Crippen molar-refractivity contribution >= 4 is 23.5 Å². The maximum Gasteiger partial charge on any atom is 0.225 e. The minimum atomic E-state index is -0.698. The van der Waals surface area contributed by atoms with Gasteiger partial charge in [-0.25, -0.2) is 19.9 Å². The second kappa shape index (κ2) is 11.4. The third-order valence-corrected chi connectivity index (χ3v) is 8.46. The van der Waals surface area contributed by atoms with E-state index in [1.54, 1.807) is 24.8 Å². The Morgan fingerprint density at radius 1 is 1.14 bits per heavy atom. The van der Waals surface area contributed by atoms with Gasteiger partial charge in [-0.15, -0.1) is 0 Å². The van der Waals surface area contributed by atoms with E-state index in [0.717, 1.165) is 51.1 Å². The predicted molar refractivity (Wildman–Crippen MR) is 141 cm³/mol. The molecule has 200 valence electrons. The first kappa shape index (κ1) is 26.1. The molecule has 5 rings (SSSR count). The highest BCUT2D eigenvalue weighted by molar-refractivity contribution is 6.30. The molecule has 3 aliphatic rings. The summed E-state index contributed by atoms with van der Waals surface area (Å²) in [6, 6.07) is -0.250. The number of ether oxygens (including phenoxy) is 1. The number of amides is 1. The van der Waals surface area contributed by atoms with Gasteiger partial charge in [0.2, 0.25) is 11.9 Å². The van der Waals surface area contributed by atoms with Crippen molar-refractivity contribution < 1.29 is 9.53 Å². The molecule has 0 aliphatic carbocycles. The van der Waals surface area contributed by atoms with Gasteiger partial charge in [0.15, 0.2) is 11.6 Å². The Morgan fingerprint density at radius 2 is 1.86 bits per heavy atom. The zero-order valence-corrected chi connectivity index (χ0v) is 22.2. The van der Waals surface area contributed by atoms with Gasteiger partial charge in [-0.3, -0.25) is 4.79 Å². The second-order valence-electron chi connectivity index (χ2n) is 10.5. The number of hydrogen-bond donors (Lipinski definition) is 2. The Labute approximate surface area is 223 Å². The number of carbonyl (C=O) groups excluding carboxylic acids is 1. The van der Waals surface area contributed by atoms with E-state index in [2.05, 4.69) is 37.1 Å². The third-order valence-electron chi connectivity index (χ3n) is 8.27. The van der Waals surface area contributed by atoms with Crippen LogP contribution in [-0.2, 0) is 10.3 Å². The number of halogens is 1. The molecule has 2 aromatic rings. The molecular weight excluding hydrogens is 492 g/mol. The van der Waals surface area contributed by atoms with E-state index < -0.39 is 5.54 Å². The molecule has 11 heteroatoms. The zero-order chi connectivity index (χ0) is 25.8. The number of piperidine rings is 2. The van der Waals surface area contributed by atoms with Crippen LogP contribution in [-0.4, -0.2) is 76.1 Å². The topological polar surface area (TPSA) is 122 Å². The maximum atomic E-state index is 12.8. The summed E-state index contributed by atoms with van der Waals surface area (Å²) in [5, 5.41) is 3.90. The van der Waals surface area contributed by atoms with Gasteiger partial charge in [0.05, 0.1) is 36.4 Å². The highest BCUT2D eigenvalue weighted by Gasteiger charge is 2.51. The summed E-state index contributed by atoms with van der Waals surface area (Å²) in [4.78, 5) is 34.9.